The molecule has 1 aliphatic heterocycles. The smallest absolute Gasteiger partial charge is 0.418 e. The molecule has 1 N–H and O–H groups in total. The van der Waals surface area contributed by atoms with E-state index in [-0.39, 0.29) is 18.3 Å². The molecule has 1 amide bonds. The third-order valence-electron chi connectivity index (χ3n) is 5.65. The molecular formula is C23H24F3N5O2. The normalized spacial score (nSPS) is 16.5. The summed E-state index contributed by atoms with van der Waals surface area (Å²) in [6.45, 7) is 4.52. The van der Waals surface area contributed by atoms with Crippen LogP contribution in [0.5, 0.6) is 0 Å². The maximum absolute atomic E-state index is 13.1. The maximum Gasteiger partial charge on any atom is 0.418 e. The Labute approximate surface area is 189 Å². The van der Waals surface area contributed by atoms with Crippen LogP contribution in [0.3, 0.4) is 0 Å². The number of amides is 1. The molecule has 1 unspecified atom stereocenters. The van der Waals surface area contributed by atoms with Gasteiger partial charge in [-0.1, -0.05) is 30.3 Å². The van der Waals surface area contributed by atoms with Gasteiger partial charge in [0.05, 0.1) is 23.8 Å². The third kappa shape index (κ3) is 5.58. The SMILES string of the molecule is CC(c1nnc(-c2ccccc2)o1)N1CCN(CC(=O)Nc2ccccc2C(F)(F)F)CC1. The molecule has 0 aliphatic carbocycles. The minimum absolute atomic E-state index is 0.0210. The van der Waals surface area contributed by atoms with Crippen LogP contribution in [0.15, 0.2) is 59.0 Å². The van der Waals surface area contributed by atoms with Gasteiger partial charge in [0.1, 0.15) is 0 Å². The first-order valence-corrected chi connectivity index (χ1v) is 10.6. The number of para-hydroxylation sites is 1. The van der Waals surface area contributed by atoms with Crippen molar-refractivity contribution in [2.45, 2.75) is 19.1 Å². The highest BCUT2D eigenvalue weighted by molar-refractivity contribution is 5.93. The van der Waals surface area contributed by atoms with Gasteiger partial charge in [-0.3, -0.25) is 14.6 Å². The molecule has 174 valence electrons. The average molecular weight is 459 g/mol. The molecule has 10 heteroatoms. The highest BCUT2D eigenvalue weighted by atomic mass is 19.4. The number of aromatic nitrogens is 2. The van der Waals surface area contributed by atoms with Crippen LogP contribution in [0, 0.1) is 0 Å². The molecule has 2 heterocycles. The summed E-state index contributed by atoms with van der Waals surface area (Å²) < 4.78 is 45.2. The van der Waals surface area contributed by atoms with Crippen LogP contribution < -0.4 is 5.32 Å². The number of nitrogens with zero attached hydrogens (tertiary/aromatic N) is 4. The summed E-state index contributed by atoms with van der Waals surface area (Å²) in [5, 5.41) is 10.7. The number of carbonyl (C=O) groups excluding carboxylic acids is 1. The minimum Gasteiger partial charge on any atom is -0.419 e. The van der Waals surface area contributed by atoms with Crippen LogP contribution in [0.25, 0.3) is 11.5 Å². The standard InChI is InChI=1S/C23H24F3N5O2/c1-16(21-28-29-22(33-21)17-7-3-2-4-8-17)31-13-11-30(12-14-31)15-20(32)27-19-10-6-5-9-18(19)23(24,25)26/h2-10,16H,11-15H2,1H3,(H,27,32). The lowest BCUT2D eigenvalue weighted by Gasteiger charge is -2.36. The van der Waals surface area contributed by atoms with Gasteiger partial charge >= 0.3 is 6.18 Å². The topological polar surface area (TPSA) is 74.5 Å². The maximum atomic E-state index is 13.1. The number of benzene rings is 2. The van der Waals surface area contributed by atoms with Crippen molar-refractivity contribution in [2.75, 3.05) is 38.0 Å². The molecule has 3 aromatic rings. The Bertz CT molecular complexity index is 1080. The van der Waals surface area contributed by atoms with Gasteiger partial charge in [-0.25, -0.2) is 0 Å². The van der Waals surface area contributed by atoms with E-state index in [1.54, 1.807) is 0 Å². The van der Waals surface area contributed by atoms with Crippen LogP contribution in [0.1, 0.15) is 24.4 Å². The Hall–Kier alpha value is -3.24. The molecule has 1 atom stereocenters. The van der Waals surface area contributed by atoms with E-state index in [4.69, 9.17) is 4.42 Å². The fourth-order valence-electron chi connectivity index (χ4n) is 3.80. The second-order valence-electron chi connectivity index (χ2n) is 7.89. The lowest BCUT2D eigenvalue weighted by molar-refractivity contribution is -0.137. The predicted molar refractivity (Wildman–Crippen MR) is 116 cm³/mol. The molecular weight excluding hydrogens is 435 g/mol. The van der Waals surface area contributed by atoms with Gasteiger partial charge in [-0.15, -0.1) is 10.2 Å². The van der Waals surface area contributed by atoms with E-state index in [1.807, 2.05) is 42.2 Å². The number of hydrogen-bond donors (Lipinski definition) is 1. The summed E-state index contributed by atoms with van der Waals surface area (Å²) in [6.07, 6.45) is -4.53. The fraction of sp³-hybridized carbons (Fsp3) is 0.348. The van der Waals surface area contributed by atoms with E-state index in [0.717, 1.165) is 11.6 Å². The predicted octanol–water partition coefficient (Wildman–Crippen LogP) is 4.07. The Morgan fingerprint density at radius 3 is 2.39 bits per heavy atom. The second kappa shape index (κ2) is 9.72. The van der Waals surface area contributed by atoms with Gasteiger partial charge < -0.3 is 9.73 Å². The van der Waals surface area contributed by atoms with E-state index < -0.39 is 17.6 Å². The van der Waals surface area contributed by atoms with Crippen molar-refractivity contribution in [3.05, 3.63) is 66.1 Å². The number of nitrogens with one attached hydrogen (secondary N) is 1. The van der Waals surface area contributed by atoms with E-state index in [0.29, 0.717) is 38.0 Å². The number of halogens is 3. The van der Waals surface area contributed by atoms with Crippen molar-refractivity contribution in [3.8, 4) is 11.5 Å². The van der Waals surface area contributed by atoms with Crippen molar-refractivity contribution >= 4 is 11.6 Å². The van der Waals surface area contributed by atoms with Gasteiger partial charge in [0.15, 0.2) is 0 Å². The highest BCUT2D eigenvalue weighted by Crippen LogP contribution is 2.34. The Balaban J connectivity index is 1.30. The van der Waals surface area contributed by atoms with E-state index >= 15 is 0 Å². The van der Waals surface area contributed by atoms with Crippen molar-refractivity contribution in [1.29, 1.82) is 0 Å². The quantitative estimate of drug-likeness (QED) is 0.599. The summed E-state index contributed by atoms with van der Waals surface area (Å²) >= 11 is 0. The van der Waals surface area contributed by atoms with Gasteiger partial charge in [-0.05, 0) is 31.2 Å². The largest absolute Gasteiger partial charge is 0.419 e. The Morgan fingerprint density at radius 2 is 1.70 bits per heavy atom. The number of piperazine rings is 1. The molecule has 1 aromatic heterocycles. The molecule has 0 bridgehead atoms. The average Bonchev–Trinajstić information content (AvgIpc) is 3.30. The number of anilines is 1. The minimum atomic E-state index is -4.53. The summed E-state index contributed by atoms with van der Waals surface area (Å²) in [6, 6.07) is 14.4. The fourth-order valence-corrected chi connectivity index (χ4v) is 3.80. The number of rotatable bonds is 6. The lowest BCUT2D eigenvalue weighted by atomic mass is 10.1. The molecule has 33 heavy (non-hydrogen) atoms. The lowest BCUT2D eigenvalue weighted by Crippen LogP contribution is -2.49. The van der Waals surface area contributed by atoms with Gasteiger partial charge in [0.2, 0.25) is 17.7 Å². The number of alkyl halides is 3. The Morgan fingerprint density at radius 1 is 1.03 bits per heavy atom. The first kappa shape index (κ1) is 22.9. The number of carbonyl (C=O) groups is 1. The molecule has 7 nitrogen and oxygen atoms in total. The number of hydrogen-bond acceptors (Lipinski definition) is 6. The summed E-state index contributed by atoms with van der Waals surface area (Å²) in [5.74, 6) is 0.508. The van der Waals surface area contributed by atoms with Gasteiger partial charge in [0.25, 0.3) is 0 Å². The summed E-state index contributed by atoms with van der Waals surface area (Å²) in [5.41, 5.74) is -0.231. The third-order valence-corrected chi connectivity index (χ3v) is 5.65. The molecule has 1 fully saturated rings. The van der Waals surface area contributed by atoms with Crippen LogP contribution >= 0.6 is 0 Å². The molecule has 0 radical (unpaired) electrons. The summed E-state index contributed by atoms with van der Waals surface area (Å²) in [7, 11) is 0. The van der Waals surface area contributed by atoms with Crippen LogP contribution in [0.4, 0.5) is 18.9 Å². The molecule has 0 saturated carbocycles. The van der Waals surface area contributed by atoms with E-state index in [2.05, 4.69) is 20.4 Å². The van der Waals surface area contributed by atoms with Crippen LogP contribution in [-0.4, -0.2) is 58.6 Å². The van der Waals surface area contributed by atoms with Gasteiger partial charge in [0, 0.05) is 31.7 Å². The van der Waals surface area contributed by atoms with Crippen molar-refractivity contribution in [3.63, 3.8) is 0 Å². The van der Waals surface area contributed by atoms with Crippen molar-refractivity contribution < 1.29 is 22.4 Å². The summed E-state index contributed by atoms with van der Waals surface area (Å²) in [4.78, 5) is 16.5. The van der Waals surface area contributed by atoms with Crippen molar-refractivity contribution in [1.82, 2.24) is 20.0 Å². The zero-order chi connectivity index (χ0) is 23.4. The zero-order valence-electron chi connectivity index (χ0n) is 18.0. The highest BCUT2D eigenvalue weighted by Gasteiger charge is 2.34. The van der Waals surface area contributed by atoms with Crippen molar-refractivity contribution in [2.24, 2.45) is 0 Å². The molecule has 4 rings (SSSR count). The van der Waals surface area contributed by atoms with Crippen LogP contribution in [-0.2, 0) is 11.0 Å². The Kier molecular flexibility index (Phi) is 6.75. The van der Waals surface area contributed by atoms with E-state index in [9.17, 15) is 18.0 Å². The van der Waals surface area contributed by atoms with Crippen LogP contribution in [0.2, 0.25) is 0 Å². The molecule has 1 saturated heterocycles. The molecule has 1 aliphatic rings. The first-order chi connectivity index (χ1) is 15.8. The monoisotopic (exact) mass is 459 g/mol. The molecule has 0 spiro atoms. The molecule has 2 aromatic carbocycles. The zero-order valence-corrected chi connectivity index (χ0v) is 18.0. The van der Waals surface area contributed by atoms with E-state index in [1.165, 1.54) is 18.2 Å². The van der Waals surface area contributed by atoms with Gasteiger partial charge in [-0.2, -0.15) is 13.2 Å². The second-order valence-corrected chi connectivity index (χ2v) is 7.89. The first-order valence-electron chi connectivity index (χ1n) is 10.6.